The van der Waals surface area contributed by atoms with Crippen molar-refractivity contribution in [3.8, 4) is 0 Å². The van der Waals surface area contributed by atoms with Crippen molar-refractivity contribution in [1.29, 1.82) is 5.53 Å². The Labute approximate surface area is 187 Å². The van der Waals surface area contributed by atoms with E-state index in [1.165, 1.54) is 5.56 Å². The number of benzene rings is 2. The van der Waals surface area contributed by atoms with Gasteiger partial charge in [0.1, 0.15) is 0 Å². The molecule has 2 amide bonds. The summed E-state index contributed by atoms with van der Waals surface area (Å²) in [5, 5.41) is 12.1. The predicted molar refractivity (Wildman–Crippen MR) is 122 cm³/mol. The van der Waals surface area contributed by atoms with Crippen molar-refractivity contribution in [3.63, 3.8) is 0 Å². The Hall–Kier alpha value is -3.68. The molecule has 32 heavy (non-hydrogen) atoms. The van der Waals surface area contributed by atoms with Crippen LogP contribution >= 0.6 is 0 Å². The lowest BCUT2D eigenvalue weighted by atomic mass is 10.1. The summed E-state index contributed by atoms with van der Waals surface area (Å²) in [5.41, 5.74) is 9.78. The average molecular weight is 436 g/mol. The zero-order chi connectivity index (χ0) is 22.8. The molecular weight excluding hydrogens is 406 g/mol. The van der Waals surface area contributed by atoms with Crippen LogP contribution in [-0.2, 0) is 16.0 Å². The fourth-order valence-corrected chi connectivity index (χ4v) is 3.04. The highest BCUT2D eigenvalue weighted by Gasteiger charge is 2.27. The molecule has 0 aliphatic heterocycles. The molecule has 1 fully saturated rings. The maximum absolute atomic E-state index is 12.6. The van der Waals surface area contributed by atoms with E-state index in [4.69, 9.17) is 10.3 Å². The minimum Gasteiger partial charge on any atom is -0.477 e. The van der Waals surface area contributed by atoms with Gasteiger partial charge in [0, 0.05) is 23.8 Å². The number of nitrogens with one attached hydrogen (secondary N) is 4. The van der Waals surface area contributed by atoms with Gasteiger partial charge in [-0.1, -0.05) is 30.3 Å². The summed E-state index contributed by atoms with van der Waals surface area (Å²) < 4.78 is 5.87. The minimum absolute atomic E-state index is 0.107. The summed E-state index contributed by atoms with van der Waals surface area (Å²) in [4.78, 5) is 24.5. The van der Waals surface area contributed by atoms with Gasteiger partial charge in [-0.25, -0.2) is 5.53 Å². The third kappa shape index (κ3) is 6.94. The van der Waals surface area contributed by atoms with E-state index in [0.717, 1.165) is 25.7 Å². The monoisotopic (exact) mass is 435 g/mol. The molecule has 0 saturated heterocycles. The molecule has 0 spiro atoms. The summed E-state index contributed by atoms with van der Waals surface area (Å²) in [6.07, 6.45) is 3.43. The number of ether oxygens (including phenoxy) is 1. The van der Waals surface area contributed by atoms with E-state index in [0.29, 0.717) is 24.4 Å². The van der Waals surface area contributed by atoms with Gasteiger partial charge < -0.3 is 20.7 Å². The van der Waals surface area contributed by atoms with Crippen LogP contribution in [0.15, 0.2) is 71.3 Å². The van der Waals surface area contributed by atoms with Crippen LogP contribution in [0.3, 0.4) is 0 Å². The van der Waals surface area contributed by atoms with Gasteiger partial charge in [0.2, 0.25) is 11.6 Å². The van der Waals surface area contributed by atoms with Crippen molar-refractivity contribution in [1.82, 2.24) is 10.6 Å². The van der Waals surface area contributed by atoms with E-state index in [1.807, 2.05) is 25.1 Å². The molecule has 3 rings (SSSR count). The van der Waals surface area contributed by atoms with Crippen LogP contribution in [0.1, 0.15) is 42.1 Å². The third-order valence-electron chi connectivity index (χ3n) is 4.90. The van der Waals surface area contributed by atoms with Crippen LogP contribution in [-0.4, -0.2) is 31.0 Å². The first kappa shape index (κ1) is 23.0. The van der Waals surface area contributed by atoms with Crippen molar-refractivity contribution < 1.29 is 14.3 Å². The quantitative estimate of drug-likeness (QED) is 0.175. The van der Waals surface area contributed by atoms with Crippen LogP contribution in [0, 0.1) is 5.53 Å². The van der Waals surface area contributed by atoms with Crippen LogP contribution in [0.5, 0.6) is 0 Å². The first-order valence-corrected chi connectivity index (χ1v) is 10.8. The normalized spacial score (nSPS) is 13.5. The van der Waals surface area contributed by atoms with Gasteiger partial charge in [-0.05, 0) is 62.4 Å². The number of carbonyl (C=O) groups is 2. The summed E-state index contributed by atoms with van der Waals surface area (Å²) in [7, 11) is 0. The lowest BCUT2D eigenvalue weighted by Gasteiger charge is -2.15. The molecule has 4 N–H and O–H groups in total. The SMILES string of the molecule is CCNC(=O)c1ccc(N/C(OCCCc2ccccc2)=C(\N=N)C(=O)NC2CC2)cc1. The standard InChI is InChI=1S/C24H29N5O3/c1-2-26-22(30)18-10-12-20(13-11-18)28-24(21(29-25)23(31)27-19-14-15-19)32-16-6-9-17-7-4-3-5-8-17/h3-5,7-8,10-13,19,25,28H,2,6,9,14-16H2,1H3,(H,26,30)(H,27,31)/b24-21+,29-25?. The van der Waals surface area contributed by atoms with Crippen molar-refractivity contribution in [2.24, 2.45) is 5.11 Å². The molecule has 1 aliphatic rings. The highest BCUT2D eigenvalue weighted by molar-refractivity contribution is 5.95. The van der Waals surface area contributed by atoms with E-state index in [-0.39, 0.29) is 23.5 Å². The van der Waals surface area contributed by atoms with Crippen LogP contribution in [0.4, 0.5) is 5.69 Å². The number of carbonyl (C=O) groups excluding carboxylic acids is 2. The van der Waals surface area contributed by atoms with Gasteiger partial charge in [0.25, 0.3) is 11.8 Å². The van der Waals surface area contributed by atoms with E-state index in [9.17, 15) is 9.59 Å². The molecule has 0 bridgehead atoms. The summed E-state index contributed by atoms with van der Waals surface area (Å²) in [5.74, 6) is -0.471. The fraction of sp³-hybridized carbons (Fsp3) is 0.333. The Bertz CT molecular complexity index is 953. The highest BCUT2D eigenvalue weighted by atomic mass is 16.5. The van der Waals surface area contributed by atoms with Gasteiger partial charge in [0.05, 0.1) is 6.61 Å². The Morgan fingerprint density at radius 1 is 1.09 bits per heavy atom. The van der Waals surface area contributed by atoms with Crippen molar-refractivity contribution in [3.05, 3.63) is 77.3 Å². The number of aryl methyl sites for hydroxylation is 1. The molecule has 0 unspecified atom stereocenters. The molecular formula is C24H29N5O3. The zero-order valence-corrected chi connectivity index (χ0v) is 18.2. The molecule has 0 atom stereocenters. The van der Waals surface area contributed by atoms with E-state index in [2.05, 4.69) is 33.2 Å². The van der Waals surface area contributed by atoms with Crippen molar-refractivity contribution in [2.75, 3.05) is 18.5 Å². The third-order valence-corrected chi connectivity index (χ3v) is 4.90. The highest BCUT2D eigenvalue weighted by Crippen LogP contribution is 2.21. The van der Waals surface area contributed by atoms with E-state index < -0.39 is 5.91 Å². The molecule has 0 radical (unpaired) electrons. The maximum Gasteiger partial charge on any atom is 0.277 e. The number of rotatable bonds is 12. The van der Waals surface area contributed by atoms with E-state index >= 15 is 0 Å². The Balaban J connectivity index is 1.70. The Morgan fingerprint density at radius 3 is 2.44 bits per heavy atom. The number of nitrogens with zero attached hydrogens (tertiary/aromatic N) is 1. The topological polar surface area (TPSA) is 116 Å². The number of hydrogen-bond acceptors (Lipinski definition) is 6. The minimum atomic E-state index is -0.438. The zero-order valence-electron chi connectivity index (χ0n) is 18.2. The second-order valence-electron chi connectivity index (χ2n) is 7.54. The first-order valence-electron chi connectivity index (χ1n) is 10.8. The Kier molecular flexibility index (Phi) is 8.36. The summed E-state index contributed by atoms with van der Waals surface area (Å²) in [6.45, 7) is 2.76. The van der Waals surface area contributed by atoms with Crippen LogP contribution < -0.4 is 16.0 Å². The smallest absolute Gasteiger partial charge is 0.277 e. The number of hydrogen-bond donors (Lipinski definition) is 4. The maximum atomic E-state index is 12.6. The van der Waals surface area contributed by atoms with Crippen molar-refractivity contribution in [2.45, 2.75) is 38.6 Å². The largest absolute Gasteiger partial charge is 0.477 e. The number of amides is 2. The molecule has 2 aromatic rings. The lowest BCUT2D eigenvalue weighted by Crippen LogP contribution is -2.28. The van der Waals surface area contributed by atoms with Crippen LogP contribution in [0.25, 0.3) is 0 Å². The average Bonchev–Trinajstić information content (AvgIpc) is 3.62. The second-order valence-corrected chi connectivity index (χ2v) is 7.54. The van der Waals surface area contributed by atoms with Gasteiger partial charge >= 0.3 is 0 Å². The molecule has 8 heteroatoms. The summed E-state index contributed by atoms with van der Waals surface area (Å²) >= 11 is 0. The molecule has 0 heterocycles. The number of anilines is 1. The first-order chi connectivity index (χ1) is 15.6. The molecule has 1 saturated carbocycles. The molecule has 2 aromatic carbocycles. The molecule has 8 nitrogen and oxygen atoms in total. The molecule has 1 aliphatic carbocycles. The lowest BCUT2D eigenvalue weighted by molar-refractivity contribution is -0.118. The van der Waals surface area contributed by atoms with Gasteiger partial charge in [-0.15, -0.1) is 5.11 Å². The molecule has 0 aromatic heterocycles. The van der Waals surface area contributed by atoms with Crippen molar-refractivity contribution >= 4 is 17.5 Å². The fourth-order valence-electron chi connectivity index (χ4n) is 3.04. The van der Waals surface area contributed by atoms with E-state index in [1.54, 1.807) is 24.3 Å². The second kappa shape index (κ2) is 11.6. The van der Waals surface area contributed by atoms with Crippen LogP contribution in [0.2, 0.25) is 0 Å². The van der Waals surface area contributed by atoms with Gasteiger partial charge in [0.15, 0.2) is 0 Å². The molecule has 168 valence electrons. The summed E-state index contributed by atoms with van der Waals surface area (Å²) in [6, 6.07) is 17.0. The Morgan fingerprint density at radius 2 is 1.81 bits per heavy atom. The van der Waals surface area contributed by atoms with Gasteiger partial charge in [-0.2, -0.15) is 0 Å². The van der Waals surface area contributed by atoms with Gasteiger partial charge in [-0.3, -0.25) is 9.59 Å². The predicted octanol–water partition coefficient (Wildman–Crippen LogP) is 3.98.